The number of aromatic nitrogens is 1. The van der Waals surface area contributed by atoms with E-state index < -0.39 is 17.8 Å². The van der Waals surface area contributed by atoms with Gasteiger partial charge >= 0.3 is 0 Å². The van der Waals surface area contributed by atoms with E-state index in [0.717, 1.165) is 22.2 Å². The van der Waals surface area contributed by atoms with Crippen LogP contribution in [-0.2, 0) is 19.2 Å². The number of rotatable bonds is 1. The van der Waals surface area contributed by atoms with Crippen LogP contribution in [-0.4, -0.2) is 52.5 Å². The van der Waals surface area contributed by atoms with Gasteiger partial charge in [-0.25, -0.2) is 0 Å². The molecule has 7 nitrogen and oxygen atoms in total. The van der Waals surface area contributed by atoms with Crippen LogP contribution in [0.4, 0.5) is 0 Å². The fourth-order valence-electron chi connectivity index (χ4n) is 5.11. The summed E-state index contributed by atoms with van der Waals surface area (Å²) in [4.78, 5) is 56.1. The zero-order valence-corrected chi connectivity index (χ0v) is 15.1. The summed E-state index contributed by atoms with van der Waals surface area (Å²) in [7, 11) is 3.02. The molecule has 1 aromatic carbocycles. The van der Waals surface area contributed by atoms with E-state index in [1.165, 1.54) is 23.9 Å². The van der Waals surface area contributed by atoms with E-state index in [1.54, 1.807) is 0 Å². The van der Waals surface area contributed by atoms with Crippen molar-refractivity contribution in [3.8, 4) is 0 Å². The minimum Gasteiger partial charge on any atom is -0.358 e. The highest BCUT2D eigenvalue weighted by atomic mass is 16.2. The lowest BCUT2D eigenvalue weighted by Crippen LogP contribution is -2.33. The van der Waals surface area contributed by atoms with Crippen LogP contribution in [0.25, 0.3) is 10.9 Å². The van der Waals surface area contributed by atoms with Crippen LogP contribution >= 0.6 is 0 Å². The van der Waals surface area contributed by atoms with Gasteiger partial charge in [0.15, 0.2) is 0 Å². The first-order valence-electron chi connectivity index (χ1n) is 9.12. The monoisotopic (exact) mass is 365 g/mol. The number of amides is 4. The van der Waals surface area contributed by atoms with Crippen LogP contribution in [0, 0.1) is 11.8 Å². The van der Waals surface area contributed by atoms with E-state index in [9.17, 15) is 19.2 Å². The van der Waals surface area contributed by atoms with Gasteiger partial charge in [-0.05, 0) is 18.1 Å². The molecule has 3 aliphatic rings. The maximum Gasteiger partial charge on any atom is 0.237 e. The second kappa shape index (κ2) is 5.28. The zero-order valence-electron chi connectivity index (χ0n) is 15.1. The molecule has 27 heavy (non-hydrogen) atoms. The van der Waals surface area contributed by atoms with E-state index in [0.29, 0.717) is 6.42 Å². The van der Waals surface area contributed by atoms with Gasteiger partial charge in [0.2, 0.25) is 23.6 Å². The van der Waals surface area contributed by atoms with Crippen LogP contribution < -0.4 is 0 Å². The summed E-state index contributed by atoms with van der Waals surface area (Å²) in [6.45, 7) is 0. The molecule has 0 saturated carbocycles. The van der Waals surface area contributed by atoms with Crippen molar-refractivity contribution in [2.24, 2.45) is 11.8 Å². The Morgan fingerprint density at radius 3 is 2.30 bits per heavy atom. The number of carbonyl (C=O) groups excluding carboxylic acids is 4. The van der Waals surface area contributed by atoms with Crippen LogP contribution in [0.15, 0.2) is 24.3 Å². The van der Waals surface area contributed by atoms with Crippen molar-refractivity contribution in [2.75, 3.05) is 14.1 Å². The number of likely N-dealkylation sites (tertiary alicyclic amines) is 2. The molecule has 2 unspecified atom stereocenters. The molecule has 0 bridgehead atoms. The van der Waals surface area contributed by atoms with Crippen LogP contribution in [0.1, 0.15) is 35.9 Å². The van der Waals surface area contributed by atoms with Gasteiger partial charge in [0.25, 0.3) is 0 Å². The molecule has 4 amide bonds. The summed E-state index contributed by atoms with van der Waals surface area (Å²) < 4.78 is 0. The van der Waals surface area contributed by atoms with Crippen molar-refractivity contribution >= 4 is 34.5 Å². The van der Waals surface area contributed by atoms with Crippen molar-refractivity contribution in [1.29, 1.82) is 0 Å². The Kier molecular flexibility index (Phi) is 3.17. The second-order valence-electron chi connectivity index (χ2n) is 7.76. The van der Waals surface area contributed by atoms with E-state index in [4.69, 9.17) is 0 Å². The molecule has 4 atom stereocenters. The molecule has 1 aromatic heterocycles. The Hall–Kier alpha value is -2.96. The van der Waals surface area contributed by atoms with Crippen molar-refractivity contribution in [1.82, 2.24) is 14.8 Å². The topological polar surface area (TPSA) is 90.6 Å². The molecule has 2 aliphatic heterocycles. The molecule has 3 heterocycles. The summed E-state index contributed by atoms with van der Waals surface area (Å²) in [5.74, 6) is -2.57. The summed E-state index contributed by atoms with van der Waals surface area (Å²) >= 11 is 0. The Bertz CT molecular complexity index is 1040. The first-order chi connectivity index (χ1) is 12.9. The molecule has 7 heteroatoms. The fourth-order valence-corrected chi connectivity index (χ4v) is 5.11. The first-order valence-corrected chi connectivity index (χ1v) is 9.12. The largest absolute Gasteiger partial charge is 0.358 e. The number of imide groups is 2. The number of aromatic amines is 1. The van der Waals surface area contributed by atoms with E-state index in [-0.39, 0.29) is 36.0 Å². The molecule has 5 rings (SSSR count). The molecular weight excluding hydrogens is 346 g/mol. The minimum absolute atomic E-state index is 0.143. The molecule has 1 aliphatic carbocycles. The third kappa shape index (κ3) is 1.97. The first kappa shape index (κ1) is 16.2. The smallest absolute Gasteiger partial charge is 0.237 e. The lowest BCUT2D eigenvalue weighted by molar-refractivity contribution is -0.140. The number of H-pyrrole nitrogens is 1. The van der Waals surface area contributed by atoms with Crippen molar-refractivity contribution in [3.63, 3.8) is 0 Å². The number of hydrogen-bond acceptors (Lipinski definition) is 4. The van der Waals surface area contributed by atoms with Crippen LogP contribution in [0.2, 0.25) is 0 Å². The molecule has 2 saturated heterocycles. The molecule has 2 aromatic rings. The maximum atomic E-state index is 12.8. The Morgan fingerprint density at radius 1 is 0.889 bits per heavy atom. The van der Waals surface area contributed by atoms with Crippen LogP contribution in [0.5, 0.6) is 0 Å². The number of para-hydroxylation sites is 1. The number of benzene rings is 1. The van der Waals surface area contributed by atoms with Crippen molar-refractivity contribution in [2.45, 2.75) is 24.7 Å². The summed E-state index contributed by atoms with van der Waals surface area (Å²) in [6, 6.07) is 7.67. The highest BCUT2D eigenvalue weighted by Gasteiger charge is 2.55. The molecule has 2 fully saturated rings. The Labute approximate surface area is 155 Å². The fraction of sp³-hybridized carbons (Fsp3) is 0.400. The van der Waals surface area contributed by atoms with Gasteiger partial charge in [0.05, 0.1) is 17.8 Å². The van der Waals surface area contributed by atoms with Crippen molar-refractivity contribution < 1.29 is 19.2 Å². The maximum absolute atomic E-state index is 12.8. The lowest BCUT2D eigenvalue weighted by atomic mass is 9.69. The lowest BCUT2D eigenvalue weighted by Gasteiger charge is -2.32. The van der Waals surface area contributed by atoms with Gasteiger partial charge in [-0.1, -0.05) is 18.2 Å². The molecule has 138 valence electrons. The van der Waals surface area contributed by atoms with E-state index >= 15 is 0 Å². The van der Waals surface area contributed by atoms with Gasteiger partial charge in [-0.3, -0.25) is 29.0 Å². The number of hydrogen-bond donors (Lipinski definition) is 1. The summed E-state index contributed by atoms with van der Waals surface area (Å²) in [5, 5.41) is 0.911. The number of carbonyl (C=O) groups is 4. The average Bonchev–Trinajstić information content (AvgIpc) is 3.24. The highest BCUT2D eigenvalue weighted by Crippen LogP contribution is 2.53. The van der Waals surface area contributed by atoms with E-state index in [1.807, 2.05) is 24.3 Å². The predicted octanol–water partition coefficient (Wildman–Crippen LogP) is 1.36. The molecule has 0 spiro atoms. The average molecular weight is 365 g/mol. The van der Waals surface area contributed by atoms with Crippen LogP contribution in [0.3, 0.4) is 0 Å². The predicted molar refractivity (Wildman–Crippen MR) is 95.5 cm³/mol. The Morgan fingerprint density at radius 2 is 1.59 bits per heavy atom. The minimum atomic E-state index is -0.519. The van der Waals surface area contributed by atoms with Gasteiger partial charge < -0.3 is 4.98 Å². The SMILES string of the molecule is CN1C(=O)CC(C2C[C@H]3C(=O)N(C)C(=O)[C@H]3c3c2[nH]c2ccccc32)C1=O. The zero-order chi connectivity index (χ0) is 19.0. The molecule has 0 radical (unpaired) electrons. The standard InChI is InChI=1S/C20H19N3O4/c1-22-14(24)8-11(18(22)25)10-7-12-16(20(27)23(2)19(12)26)15-9-5-3-4-6-13(9)21-17(10)15/h3-6,10-12,16,21H,7-8H2,1-2H3/t10?,11?,12-,16-/m1/s1. The van der Waals surface area contributed by atoms with Gasteiger partial charge in [-0.15, -0.1) is 0 Å². The van der Waals surface area contributed by atoms with Gasteiger partial charge in [-0.2, -0.15) is 0 Å². The Balaban J connectivity index is 1.72. The van der Waals surface area contributed by atoms with E-state index in [2.05, 4.69) is 4.98 Å². The summed E-state index contributed by atoms with van der Waals surface area (Å²) in [6.07, 6.45) is 0.543. The van der Waals surface area contributed by atoms with Gasteiger partial charge in [0.1, 0.15) is 0 Å². The quantitative estimate of drug-likeness (QED) is 0.773. The van der Waals surface area contributed by atoms with Gasteiger partial charge in [0, 0.05) is 43.0 Å². The highest BCUT2D eigenvalue weighted by molar-refractivity contribution is 6.10. The number of nitrogens with one attached hydrogen (secondary N) is 1. The normalized spacial score (nSPS) is 30.4. The number of likely N-dealkylation sites (N-methyl/N-ethyl adjacent to an activating group) is 1. The second-order valence-corrected chi connectivity index (χ2v) is 7.76. The third-order valence-electron chi connectivity index (χ3n) is 6.52. The number of nitrogens with zero attached hydrogens (tertiary/aromatic N) is 2. The molecule has 1 N–H and O–H groups in total. The van der Waals surface area contributed by atoms with Crippen molar-refractivity contribution in [3.05, 3.63) is 35.5 Å². The number of fused-ring (bicyclic) bond motifs is 5. The molecular formula is C20H19N3O4. The summed E-state index contributed by atoms with van der Waals surface area (Å²) in [5.41, 5.74) is 2.53. The third-order valence-corrected chi connectivity index (χ3v) is 6.52.